The maximum atomic E-state index is 11.8. The van der Waals surface area contributed by atoms with Crippen LogP contribution in [0.1, 0.15) is 20.9 Å². The second kappa shape index (κ2) is 5.76. The lowest BCUT2D eigenvalue weighted by Crippen LogP contribution is -2.22. The van der Waals surface area contributed by atoms with E-state index in [2.05, 4.69) is 26.2 Å². The van der Waals surface area contributed by atoms with Gasteiger partial charge in [-0.05, 0) is 40.2 Å². The molecular formula is C12H8BrN3OS. The molecule has 1 amide bonds. The Morgan fingerprint density at radius 1 is 1.50 bits per heavy atom. The van der Waals surface area contributed by atoms with Crippen LogP contribution in [0.4, 0.5) is 0 Å². The van der Waals surface area contributed by atoms with Crippen LogP contribution in [0, 0.1) is 11.3 Å². The molecule has 2 rings (SSSR count). The molecule has 0 fully saturated rings. The van der Waals surface area contributed by atoms with Gasteiger partial charge in [0.05, 0.1) is 10.3 Å². The number of carbonyl (C=O) groups is 1. The molecule has 0 saturated heterocycles. The Balaban J connectivity index is 2.01. The molecule has 2 aromatic heterocycles. The van der Waals surface area contributed by atoms with Gasteiger partial charge in [0.15, 0.2) is 0 Å². The Labute approximate surface area is 116 Å². The van der Waals surface area contributed by atoms with E-state index in [0.29, 0.717) is 12.1 Å². The van der Waals surface area contributed by atoms with Gasteiger partial charge in [-0.15, -0.1) is 11.3 Å². The van der Waals surface area contributed by atoms with Gasteiger partial charge in [-0.2, -0.15) is 5.26 Å². The fourth-order valence-corrected chi connectivity index (χ4v) is 2.77. The van der Waals surface area contributed by atoms with Gasteiger partial charge >= 0.3 is 0 Å². The van der Waals surface area contributed by atoms with Crippen molar-refractivity contribution >= 4 is 33.2 Å². The van der Waals surface area contributed by atoms with Gasteiger partial charge in [0.1, 0.15) is 11.8 Å². The molecule has 0 aromatic carbocycles. The van der Waals surface area contributed by atoms with Crippen molar-refractivity contribution in [2.45, 2.75) is 6.54 Å². The van der Waals surface area contributed by atoms with Crippen molar-refractivity contribution in [1.82, 2.24) is 10.3 Å². The third-order valence-electron chi connectivity index (χ3n) is 2.19. The third-order valence-corrected chi connectivity index (χ3v) is 3.81. The molecule has 0 radical (unpaired) electrons. The summed E-state index contributed by atoms with van der Waals surface area (Å²) >= 11 is 4.93. The summed E-state index contributed by atoms with van der Waals surface area (Å²) in [6.45, 7) is 0.472. The lowest BCUT2D eigenvalue weighted by atomic mass is 10.2. The van der Waals surface area contributed by atoms with Crippen LogP contribution in [0.2, 0.25) is 0 Å². The van der Waals surface area contributed by atoms with Crippen molar-refractivity contribution in [2.75, 3.05) is 0 Å². The number of thiophene rings is 1. The number of hydrogen-bond donors (Lipinski definition) is 1. The van der Waals surface area contributed by atoms with Crippen LogP contribution in [-0.4, -0.2) is 10.9 Å². The maximum absolute atomic E-state index is 11.8. The fourth-order valence-electron chi connectivity index (χ4n) is 1.35. The number of halogens is 1. The molecule has 0 bridgehead atoms. The predicted octanol–water partition coefficient (Wildman–Crippen LogP) is 2.71. The van der Waals surface area contributed by atoms with Gasteiger partial charge in [0.2, 0.25) is 0 Å². The fraction of sp³-hybridized carbons (Fsp3) is 0.0833. The van der Waals surface area contributed by atoms with E-state index in [9.17, 15) is 4.79 Å². The molecule has 90 valence electrons. The number of nitrogens with one attached hydrogen (secondary N) is 1. The Hall–Kier alpha value is -1.71. The van der Waals surface area contributed by atoms with E-state index in [1.165, 1.54) is 12.3 Å². The average molecular weight is 322 g/mol. The minimum atomic E-state index is -0.210. The van der Waals surface area contributed by atoms with E-state index in [-0.39, 0.29) is 11.6 Å². The first kappa shape index (κ1) is 12.7. The topological polar surface area (TPSA) is 65.8 Å². The Morgan fingerprint density at radius 2 is 2.33 bits per heavy atom. The van der Waals surface area contributed by atoms with Crippen LogP contribution in [0.5, 0.6) is 0 Å². The highest BCUT2D eigenvalue weighted by molar-refractivity contribution is 9.11. The highest BCUT2D eigenvalue weighted by Gasteiger charge is 2.07. The molecule has 0 aliphatic rings. The summed E-state index contributed by atoms with van der Waals surface area (Å²) in [6.07, 6.45) is 1.45. The quantitative estimate of drug-likeness (QED) is 0.945. The summed E-state index contributed by atoms with van der Waals surface area (Å²) in [6, 6.07) is 8.84. The molecule has 0 spiro atoms. The van der Waals surface area contributed by atoms with Gasteiger partial charge in [-0.1, -0.05) is 0 Å². The number of hydrogen-bond acceptors (Lipinski definition) is 4. The zero-order chi connectivity index (χ0) is 13.0. The number of pyridine rings is 1. The van der Waals surface area contributed by atoms with Crippen molar-refractivity contribution in [2.24, 2.45) is 0 Å². The molecule has 6 heteroatoms. The van der Waals surface area contributed by atoms with Crippen molar-refractivity contribution in [1.29, 1.82) is 5.26 Å². The number of carbonyl (C=O) groups excluding carboxylic acids is 1. The van der Waals surface area contributed by atoms with E-state index < -0.39 is 0 Å². The standard InChI is InChI=1S/C12H8BrN3OS/c13-11-2-1-10(18-11)7-16-12(17)8-3-4-15-9(5-8)6-14/h1-5H,7H2,(H,16,17). The highest BCUT2D eigenvalue weighted by Crippen LogP contribution is 2.21. The Bertz CT molecular complexity index is 618. The largest absolute Gasteiger partial charge is 0.347 e. The molecule has 0 unspecified atom stereocenters. The summed E-state index contributed by atoms with van der Waals surface area (Å²) in [5.41, 5.74) is 0.679. The van der Waals surface area contributed by atoms with Gasteiger partial charge in [0, 0.05) is 16.6 Å². The Kier molecular flexibility index (Phi) is 4.07. The van der Waals surface area contributed by atoms with E-state index in [0.717, 1.165) is 8.66 Å². The minimum absolute atomic E-state index is 0.210. The first-order valence-electron chi connectivity index (χ1n) is 5.07. The van der Waals surface area contributed by atoms with E-state index in [1.807, 2.05) is 18.2 Å². The second-order valence-electron chi connectivity index (χ2n) is 3.43. The SMILES string of the molecule is N#Cc1cc(C(=O)NCc2ccc(Br)s2)ccn1. The highest BCUT2D eigenvalue weighted by atomic mass is 79.9. The predicted molar refractivity (Wildman–Crippen MR) is 72.1 cm³/mol. The number of nitrogens with zero attached hydrogens (tertiary/aromatic N) is 2. The van der Waals surface area contributed by atoms with Crippen LogP contribution < -0.4 is 5.32 Å². The summed E-state index contributed by atoms with van der Waals surface area (Å²) in [4.78, 5) is 16.7. The number of aromatic nitrogens is 1. The third kappa shape index (κ3) is 3.15. The lowest BCUT2D eigenvalue weighted by Gasteiger charge is -2.03. The molecule has 2 heterocycles. The molecule has 1 N–H and O–H groups in total. The van der Waals surface area contributed by atoms with Crippen molar-refractivity contribution < 1.29 is 4.79 Å². The van der Waals surface area contributed by atoms with Gasteiger partial charge in [0.25, 0.3) is 5.91 Å². The Morgan fingerprint density at radius 3 is 3.00 bits per heavy atom. The lowest BCUT2D eigenvalue weighted by molar-refractivity contribution is 0.0951. The van der Waals surface area contributed by atoms with Crippen LogP contribution in [0.25, 0.3) is 0 Å². The smallest absolute Gasteiger partial charge is 0.251 e. The number of amides is 1. The van der Waals surface area contributed by atoms with Crippen LogP contribution in [-0.2, 0) is 6.54 Å². The minimum Gasteiger partial charge on any atom is -0.347 e. The van der Waals surface area contributed by atoms with Crippen LogP contribution in [0.3, 0.4) is 0 Å². The summed E-state index contributed by atoms with van der Waals surface area (Å²) < 4.78 is 1.03. The molecule has 0 saturated carbocycles. The number of rotatable bonds is 3. The zero-order valence-electron chi connectivity index (χ0n) is 9.18. The second-order valence-corrected chi connectivity index (χ2v) is 5.98. The average Bonchev–Trinajstić information content (AvgIpc) is 2.82. The van der Waals surface area contributed by atoms with Crippen molar-refractivity contribution in [3.05, 3.63) is 50.4 Å². The summed E-state index contributed by atoms with van der Waals surface area (Å²) in [5, 5.41) is 11.5. The van der Waals surface area contributed by atoms with Crippen molar-refractivity contribution in [3.8, 4) is 6.07 Å². The van der Waals surface area contributed by atoms with Crippen molar-refractivity contribution in [3.63, 3.8) is 0 Å². The van der Waals surface area contributed by atoms with Crippen LogP contribution >= 0.6 is 27.3 Å². The van der Waals surface area contributed by atoms with Gasteiger partial charge in [-0.3, -0.25) is 4.79 Å². The van der Waals surface area contributed by atoms with E-state index >= 15 is 0 Å². The van der Waals surface area contributed by atoms with Gasteiger partial charge < -0.3 is 5.32 Å². The van der Waals surface area contributed by atoms with E-state index in [1.54, 1.807) is 17.4 Å². The monoisotopic (exact) mass is 321 g/mol. The van der Waals surface area contributed by atoms with Gasteiger partial charge in [-0.25, -0.2) is 4.98 Å². The normalized spacial score (nSPS) is 9.78. The zero-order valence-corrected chi connectivity index (χ0v) is 11.6. The molecule has 18 heavy (non-hydrogen) atoms. The first-order valence-corrected chi connectivity index (χ1v) is 6.68. The van der Waals surface area contributed by atoms with Crippen LogP contribution in [0.15, 0.2) is 34.2 Å². The number of nitriles is 1. The van der Waals surface area contributed by atoms with E-state index in [4.69, 9.17) is 5.26 Å². The summed E-state index contributed by atoms with van der Waals surface area (Å²) in [7, 11) is 0. The molecule has 4 nitrogen and oxygen atoms in total. The summed E-state index contributed by atoms with van der Waals surface area (Å²) in [5.74, 6) is -0.210. The molecule has 0 aliphatic heterocycles. The molecule has 0 aliphatic carbocycles. The molecule has 2 aromatic rings. The molecular weight excluding hydrogens is 314 g/mol. The molecule has 0 atom stereocenters. The maximum Gasteiger partial charge on any atom is 0.251 e. The first-order chi connectivity index (χ1) is 8.69.